The lowest BCUT2D eigenvalue weighted by Crippen LogP contribution is -1.99. The SMILES string of the molecule is O=C(O)Cc1ccc(I)cc1.O=C(O)Cc1ccc(I)cc1. The van der Waals surface area contributed by atoms with E-state index in [0.29, 0.717) is 0 Å². The van der Waals surface area contributed by atoms with Gasteiger partial charge in [0.15, 0.2) is 0 Å². The van der Waals surface area contributed by atoms with Gasteiger partial charge in [0.25, 0.3) is 0 Å². The Hall–Kier alpha value is -1.16. The Bertz CT molecular complexity index is 564. The molecule has 0 aliphatic rings. The molecule has 2 aromatic carbocycles. The number of carboxylic acid groups (broad SMARTS) is 2. The van der Waals surface area contributed by atoms with Crippen LogP contribution in [0.1, 0.15) is 11.1 Å². The molecule has 4 nitrogen and oxygen atoms in total. The summed E-state index contributed by atoms with van der Waals surface area (Å²) in [4.78, 5) is 20.5. The molecule has 0 aliphatic carbocycles. The van der Waals surface area contributed by atoms with Gasteiger partial charge in [0.05, 0.1) is 12.8 Å². The molecule has 2 rings (SSSR count). The highest BCUT2D eigenvalue weighted by atomic mass is 127. The summed E-state index contributed by atoms with van der Waals surface area (Å²) in [6.07, 6.45) is 0.216. The van der Waals surface area contributed by atoms with E-state index in [9.17, 15) is 9.59 Å². The van der Waals surface area contributed by atoms with Crippen molar-refractivity contribution in [1.29, 1.82) is 0 Å². The van der Waals surface area contributed by atoms with Gasteiger partial charge >= 0.3 is 11.9 Å². The van der Waals surface area contributed by atoms with E-state index in [4.69, 9.17) is 10.2 Å². The Morgan fingerprint density at radius 2 is 0.955 bits per heavy atom. The minimum Gasteiger partial charge on any atom is -0.481 e. The average molecular weight is 524 g/mol. The number of hydrogen-bond donors (Lipinski definition) is 2. The molecular formula is C16H14I2O4. The third kappa shape index (κ3) is 8.32. The molecule has 0 saturated heterocycles. The number of hydrogen-bond acceptors (Lipinski definition) is 2. The van der Waals surface area contributed by atoms with E-state index in [-0.39, 0.29) is 12.8 Å². The molecule has 0 aromatic heterocycles. The Labute approximate surface area is 155 Å². The highest BCUT2D eigenvalue weighted by Crippen LogP contribution is 2.07. The van der Waals surface area contributed by atoms with Crippen LogP contribution >= 0.6 is 45.2 Å². The minimum absolute atomic E-state index is 0.108. The molecule has 22 heavy (non-hydrogen) atoms. The van der Waals surface area contributed by atoms with Gasteiger partial charge < -0.3 is 10.2 Å². The summed E-state index contributed by atoms with van der Waals surface area (Å²) in [5.41, 5.74) is 1.69. The van der Waals surface area contributed by atoms with E-state index >= 15 is 0 Å². The van der Waals surface area contributed by atoms with E-state index < -0.39 is 11.9 Å². The van der Waals surface area contributed by atoms with Gasteiger partial charge in [0.1, 0.15) is 0 Å². The zero-order chi connectivity index (χ0) is 16.5. The smallest absolute Gasteiger partial charge is 0.307 e. The highest BCUT2D eigenvalue weighted by Gasteiger charge is 1.99. The molecule has 2 aromatic rings. The summed E-state index contributed by atoms with van der Waals surface area (Å²) in [6.45, 7) is 0. The van der Waals surface area contributed by atoms with Crippen molar-refractivity contribution in [3.63, 3.8) is 0 Å². The van der Waals surface area contributed by atoms with Gasteiger partial charge in [-0.2, -0.15) is 0 Å². The molecule has 0 unspecified atom stereocenters. The van der Waals surface area contributed by atoms with Crippen molar-refractivity contribution in [2.75, 3.05) is 0 Å². The maximum Gasteiger partial charge on any atom is 0.307 e. The lowest BCUT2D eigenvalue weighted by molar-refractivity contribution is -0.137. The molecule has 0 radical (unpaired) electrons. The van der Waals surface area contributed by atoms with Gasteiger partial charge in [-0.1, -0.05) is 24.3 Å². The second-order valence-electron chi connectivity index (χ2n) is 4.39. The van der Waals surface area contributed by atoms with Crippen molar-refractivity contribution < 1.29 is 19.8 Å². The van der Waals surface area contributed by atoms with Crippen molar-refractivity contribution >= 4 is 57.1 Å². The average Bonchev–Trinajstić information content (AvgIpc) is 2.44. The van der Waals surface area contributed by atoms with Crippen molar-refractivity contribution in [2.24, 2.45) is 0 Å². The maximum atomic E-state index is 10.3. The van der Waals surface area contributed by atoms with Crippen LogP contribution in [-0.2, 0) is 22.4 Å². The fraction of sp³-hybridized carbons (Fsp3) is 0.125. The standard InChI is InChI=1S/2C8H7IO2/c2*9-7-3-1-6(2-4-7)5-8(10)11/h2*1-4H,5H2,(H,10,11). The van der Waals surface area contributed by atoms with Crippen LogP contribution in [0.2, 0.25) is 0 Å². The van der Waals surface area contributed by atoms with Gasteiger partial charge in [-0.05, 0) is 80.6 Å². The van der Waals surface area contributed by atoms with Crippen molar-refractivity contribution in [1.82, 2.24) is 0 Å². The topological polar surface area (TPSA) is 74.6 Å². The number of benzene rings is 2. The first kappa shape index (κ1) is 18.9. The fourth-order valence-corrected chi connectivity index (χ4v) is 2.27. The summed E-state index contributed by atoms with van der Waals surface area (Å²) in [5, 5.41) is 16.9. The summed E-state index contributed by atoms with van der Waals surface area (Å²) in [5.74, 6) is -1.57. The first-order valence-corrected chi connectivity index (χ1v) is 8.45. The molecular weight excluding hydrogens is 510 g/mol. The molecule has 0 atom stereocenters. The monoisotopic (exact) mass is 524 g/mol. The third-order valence-corrected chi connectivity index (χ3v) is 3.98. The van der Waals surface area contributed by atoms with Crippen LogP contribution in [0.25, 0.3) is 0 Å². The van der Waals surface area contributed by atoms with Crippen molar-refractivity contribution in [3.8, 4) is 0 Å². The third-order valence-electron chi connectivity index (χ3n) is 2.54. The van der Waals surface area contributed by atoms with Crippen LogP contribution < -0.4 is 0 Å². The number of aliphatic carboxylic acids is 2. The molecule has 0 amide bonds. The summed E-state index contributed by atoms with van der Waals surface area (Å²) in [7, 11) is 0. The van der Waals surface area contributed by atoms with Crippen molar-refractivity contribution in [3.05, 3.63) is 66.8 Å². The normalized spacial score (nSPS) is 9.55. The minimum atomic E-state index is -0.786. The van der Waals surface area contributed by atoms with Crippen LogP contribution in [0.3, 0.4) is 0 Å². The van der Waals surface area contributed by atoms with Crippen LogP contribution in [-0.4, -0.2) is 22.2 Å². The van der Waals surface area contributed by atoms with Crippen LogP contribution in [0.5, 0.6) is 0 Å². The van der Waals surface area contributed by atoms with Gasteiger partial charge in [-0.3, -0.25) is 9.59 Å². The molecule has 0 fully saturated rings. The van der Waals surface area contributed by atoms with E-state index in [1.54, 1.807) is 0 Å². The largest absolute Gasteiger partial charge is 0.481 e. The Morgan fingerprint density at radius 3 is 1.18 bits per heavy atom. The fourth-order valence-electron chi connectivity index (χ4n) is 1.55. The number of halogens is 2. The van der Waals surface area contributed by atoms with Crippen molar-refractivity contribution in [2.45, 2.75) is 12.8 Å². The van der Waals surface area contributed by atoms with Gasteiger partial charge in [0, 0.05) is 7.14 Å². The zero-order valence-corrected chi connectivity index (χ0v) is 15.8. The Balaban J connectivity index is 0.000000220. The quantitative estimate of drug-likeness (QED) is 0.597. The summed E-state index contributed by atoms with van der Waals surface area (Å²) >= 11 is 4.37. The highest BCUT2D eigenvalue weighted by molar-refractivity contribution is 14.1. The molecule has 0 heterocycles. The number of rotatable bonds is 4. The molecule has 0 spiro atoms. The predicted molar refractivity (Wildman–Crippen MR) is 101 cm³/mol. The van der Waals surface area contributed by atoms with E-state index in [0.717, 1.165) is 18.3 Å². The van der Waals surface area contributed by atoms with Gasteiger partial charge in [-0.15, -0.1) is 0 Å². The number of carbonyl (C=O) groups is 2. The van der Waals surface area contributed by atoms with Gasteiger partial charge in [0.2, 0.25) is 0 Å². The van der Waals surface area contributed by atoms with Crippen LogP contribution in [0.4, 0.5) is 0 Å². The Kier molecular flexibility index (Phi) is 8.39. The predicted octanol–water partition coefficient (Wildman–Crippen LogP) is 3.84. The summed E-state index contributed by atoms with van der Waals surface area (Å²) in [6, 6.07) is 14.9. The lowest BCUT2D eigenvalue weighted by atomic mass is 10.2. The molecule has 6 heteroatoms. The Morgan fingerprint density at radius 1 is 0.682 bits per heavy atom. The first-order valence-electron chi connectivity index (χ1n) is 6.29. The van der Waals surface area contributed by atoms with E-state index in [1.807, 2.05) is 48.5 Å². The van der Waals surface area contributed by atoms with E-state index in [2.05, 4.69) is 45.2 Å². The molecule has 0 aliphatic heterocycles. The maximum absolute atomic E-state index is 10.3. The molecule has 116 valence electrons. The second kappa shape index (κ2) is 9.78. The lowest BCUT2D eigenvalue weighted by Gasteiger charge is -1.95. The second-order valence-corrected chi connectivity index (χ2v) is 6.89. The van der Waals surface area contributed by atoms with Crippen LogP contribution in [0, 0.1) is 7.14 Å². The summed E-state index contributed by atoms with van der Waals surface area (Å²) < 4.78 is 2.24. The first-order chi connectivity index (χ1) is 10.4. The van der Waals surface area contributed by atoms with Crippen LogP contribution in [0.15, 0.2) is 48.5 Å². The van der Waals surface area contributed by atoms with Gasteiger partial charge in [-0.25, -0.2) is 0 Å². The zero-order valence-electron chi connectivity index (χ0n) is 11.5. The number of carboxylic acids is 2. The molecule has 0 saturated carbocycles. The van der Waals surface area contributed by atoms with E-state index in [1.165, 1.54) is 0 Å². The molecule has 2 N–H and O–H groups in total. The molecule has 0 bridgehead atoms.